The smallest absolute Gasteiger partial charge is 0.0567 e. The summed E-state index contributed by atoms with van der Waals surface area (Å²) in [4.78, 5) is 1.06. The van der Waals surface area contributed by atoms with Gasteiger partial charge in [0.1, 0.15) is 0 Å². The Kier molecular flexibility index (Phi) is 4.17. The van der Waals surface area contributed by atoms with Gasteiger partial charge in [0.05, 0.1) is 10.8 Å². The Labute approximate surface area is 119 Å². The summed E-state index contributed by atoms with van der Waals surface area (Å²) in [5.74, 6) is 0.386. The summed E-state index contributed by atoms with van der Waals surface area (Å²) in [7, 11) is -0.885. The topological polar surface area (TPSA) is 29.1 Å². The number of benzene rings is 1. The zero-order valence-corrected chi connectivity index (χ0v) is 13.6. The van der Waals surface area contributed by atoms with Crippen LogP contribution in [-0.4, -0.2) is 15.5 Å². The van der Waals surface area contributed by atoms with Gasteiger partial charge in [-0.05, 0) is 30.9 Å². The lowest BCUT2D eigenvalue weighted by molar-refractivity contribution is 0.342. The Bertz CT molecular complexity index is 510. The van der Waals surface area contributed by atoms with Gasteiger partial charge in [0, 0.05) is 22.2 Å². The first-order chi connectivity index (χ1) is 8.82. The Balaban J connectivity index is 2.59. The zero-order valence-electron chi connectivity index (χ0n) is 12.8. The highest BCUT2D eigenvalue weighted by Crippen LogP contribution is 2.40. The van der Waals surface area contributed by atoms with Crippen molar-refractivity contribution in [3.8, 4) is 0 Å². The lowest BCUT2D eigenvalue weighted by Gasteiger charge is -2.38. The quantitative estimate of drug-likeness (QED) is 0.898. The fraction of sp³-hybridized carbons (Fsp3) is 0.625. The van der Waals surface area contributed by atoms with E-state index in [0.717, 1.165) is 4.90 Å². The van der Waals surface area contributed by atoms with E-state index in [1.54, 1.807) is 0 Å². The Morgan fingerprint density at radius 3 is 2.42 bits per heavy atom. The number of hydrogen-bond acceptors (Lipinski definition) is 2. The van der Waals surface area contributed by atoms with Crippen molar-refractivity contribution in [1.82, 2.24) is 5.32 Å². The first kappa shape index (κ1) is 14.7. The highest BCUT2D eigenvalue weighted by molar-refractivity contribution is 7.85. The molecule has 0 spiro atoms. The van der Waals surface area contributed by atoms with E-state index in [1.165, 1.54) is 16.7 Å². The Morgan fingerprint density at radius 2 is 1.84 bits per heavy atom. The van der Waals surface area contributed by atoms with Crippen molar-refractivity contribution in [2.45, 2.75) is 63.8 Å². The molecule has 106 valence electrons. The van der Waals surface area contributed by atoms with Crippen LogP contribution in [0.1, 0.15) is 50.4 Å². The molecule has 0 saturated heterocycles. The van der Waals surface area contributed by atoms with Crippen LogP contribution in [-0.2, 0) is 10.8 Å². The fourth-order valence-electron chi connectivity index (χ4n) is 3.03. The molecule has 2 rings (SSSR count). The largest absolute Gasteiger partial charge is 0.307 e. The molecule has 19 heavy (non-hydrogen) atoms. The van der Waals surface area contributed by atoms with Crippen LogP contribution in [0.5, 0.6) is 0 Å². The number of hydrogen-bond donors (Lipinski definition) is 1. The summed E-state index contributed by atoms with van der Waals surface area (Å²) in [6.45, 7) is 12.9. The number of fused-ring (bicyclic) bond motifs is 1. The fourth-order valence-corrected chi connectivity index (χ4v) is 4.74. The molecule has 1 aromatic carbocycles. The predicted octanol–water partition coefficient (Wildman–Crippen LogP) is 3.49. The Hall–Kier alpha value is -0.670. The molecular weight excluding hydrogens is 254 g/mol. The van der Waals surface area contributed by atoms with Gasteiger partial charge in [0.2, 0.25) is 0 Å². The van der Waals surface area contributed by atoms with Crippen molar-refractivity contribution in [3.05, 3.63) is 28.8 Å². The molecule has 0 radical (unpaired) electrons. The van der Waals surface area contributed by atoms with Gasteiger partial charge in [0.15, 0.2) is 0 Å². The van der Waals surface area contributed by atoms with Crippen LogP contribution >= 0.6 is 0 Å². The lowest BCUT2D eigenvalue weighted by atomic mass is 9.89. The summed E-state index contributed by atoms with van der Waals surface area (Å²) in [5.41, 5.74) is 3.67. The average Bonchev–Trinajstić information content (AvgIpc) is 2.30. The lowest BCUT2D eigenvalue weighted by Crippen LogP contribution is -2.42. The molecule has 0 amide bonds. The summed E-state index contributed by atoms with van der Waals surface area (Å²) in [5, 5.41) is 3.86. The van der Waals surface area contributed by atoms with Gasteiger partial charge >= 0.3 is 0 Å². The monoisotopic (exact) mass is 279 g/mol. The van der Waals surface area contributed by atoms with Crippen LogP contribution in [0.3, 0.4) is 0 Å². The molecule has 4 unspecified atom stereocenters. The second kappa shape index (κ2) is 5.37. The molecule has 2 nitrogen and oxygen atoms in total. The minimum atomic E-state index is -0.885. The highest BCUT2D eigenvalue weighted by Gasteiger charge is 2.37. The van der Waals surface area contributed by atoms with Crippen molar-refractivity contribution in [2.24, 2.45) is 5.92 Å². The van der Waals surface area contributed by atoms with Crippen LogP contribution in [0, 0.1) is 19.8 Å². The number of rotatable bonds is 2. The van der Waals surface area contributed by atoms with Gasteiger partial charge in [-0.3, -0.25) is 4.21 Å². The van der Waals surface area contributed by atoms with Gasteiger partial charge < -0.3 is 5.32 Å². The van der Waals surface area contributed by atoms with E-state index in [4.69, 9.17) is 0 Å². The van der Waals surface area contributed by atoms with Crippen LogP contribution in [0.4, 0.5) is 0 Å². The van der Waals surface area contributed by atoms with Crippen LogP contribution in [0.25, 0.3) is 0 Å². The van der Waals surface area contributed by atoms with Crippen molar-refractivity contribution >= 4 is 10.8 Å². The minimum absolute atomic E-state index is 0.199. The number of nitrogens with one attached hydrogen (secondary N) is 1. The van der Waals surface area contributed by atoms with Crippen molar-refractivity contribution in [3.63, 3.8) is 0 Å². The second-order valence-electron chi connectivity index (χ2n) is 6.16. The Morgan fingerprint density at radius 1 is 1.21 bits per heavy atom. The average molecular weight is 279 g/mol. The zero-order chi connectivity index (χ0) is 14.3. The molecule has 0 aliphatic carbocycles. The molecule has 1 heterocycles. The van der Waals surface area contributed by atoms with Crippen molar-refractivity contribution in [1.29, 1.82) is 0 Å². The van der Waals surface area contributed by atoms with E-state index in [-0.39, 0.29) is 5.25 Å². The summed E-state index contributed by atoms with van der Waals surface area (Å²) < 4.78 is 12.7. The third-order valence-electron chi connectivity index (χ3n) is 4.10. The van der Waals surface area contributed by atoms with E-state index in [0.29, 0.717) is 18.0 Å². The van der Waals surface area contributed by atoms with Crippen molar-refractivity contribution in [2.75, 3.05) is 0 Å². The normalized spacial score (nSPS) is 30.5. The molecule has 0 saturated carbocycles. The standard InChI is InChI=1S/C16H25NOS/c1-9(2)17-15-12(5)13(6)19(18)16-11(4)7-10(3)8-14(15)16/h7-9,12-13,15,17H,1-6H3. The molecule has 0 bridgehead atoms. The summed E-state index contributed by atoms with van der Waals surface area (Å²) in [6.07, 6.45) is 0. The first-order valence-corrected chi connectivity index (χ1v) is 8.32. The van der Waals surface area contributed by atoms with E-state index in [9.17, 15) is 4.21 Å². The first-order valence-electron chi connectivity index (χ1n) is 7.10. The van der Waals surface area contributed by atoms with Crippen LogP contribution in [0.15, 0.2) is 17.0 Å². The van der Waals surface area contributed by atoms with Gasteiger partial charge in [-0.15, -0.1) is 0 Å². The van der Waals surface area contributed by atoms with E-state index in [2.05, 4.69) is 59.0 Å². The molecule has 4 atom stereocenters. The van der Waals surface area contributed by atoms with E-state index >= 15 is 0 Å². The molecule has 0 aromatic heterocycles. The molecule has 3 heteroatoms. The van der Waals surface area contributed by atoms with Crippen molar-refractivity contribution < 1.29 is 4.21 Å². The van der Waals surface area contributed by atoms with Crippen LogP contribution in [0.2, 0.25) is 0 Å². The molecule has 1 aliphatic rings. The SMILES string of the molecule is Cc1cc(C)c2c(c1)C(NC(C)C)C(C)C(C)S2=O. The number of aryl methyl sites for hydroxylation is 2. The predicted molar refractivity (Wildman–Crippen MR) is 82.0 cm³/mol. The van der Waals surface area contributed by atoms with Crippen LogP contribution < -0.4 is 5.32 Å². The van der Waals surface area contributed by atoms with Gasteiger partial charge in [-0.2, -0.15) is 0 Å². The second-order valence-corrected chi connectivity index (χ2v) is 7.91. The van der Waals surface area contributed by atoms with Gasteiger partial charge in [0.25, 0.3) is 0 Å². The maximum Gasteiger partial charge on any atom is 0.0567 e. The minimum Gasteiger partial charge on any atom is -0.307 e. The van der Waals surface area contributed by atoms with E-state index in [1.807, 2.05) is 0 Å². The third kappa shape index (κ3) is 2.63. The highest BCUT2D eigenvalue weighted by atomic mass is 32.2. The van der Waals surface area contributed by atoms with E-state index < -0.39 is 10.8 Å². The van der Waals surface area contributed by atoms with Gasteiger partial charge in [-0.25, -0.2) is 0 Å². The molecular formula is C16H25NOS. The molecule has 0 fully saturated rings. The maximum absolute atomic E-state index is 12.7. The third-order valence-corrected chi connectivity index (χ3v) is 6.17. The molecule has 1 N–H and O–H groups in total. The summed E-state index contributed by atoms with van der Waals surface area (Å²) >= 11 is 0. The molecule has 1 aromatic rings. The summed E-state index contributed by atoms with van der Waals surface area (Å²) in [6, 6.07) is 5.09. The molecule has 1 aliphatic heterocycles. The maximum atomic E-state index is 12.7. The van der Waals surface area contributed by atoms with Gasteiger partial charge in [-0.1, -0.05) is 45.4 Å².